The van der Waals surface area contributed by atoms with Crippen LogP contribution in [0.5, 0.6) is 0 Å². The molecule has 3 heterocycles. The van der Waals surface area contributed by atoms with Crippen molar-refractivity contribution in [3.63, 3.8) is 0 Å². The van der Waals surface area contributed by atoms with E-state index in [1.54, 1.807) is 16.6 Å². The van der Waals surface area contributed by atoms with Crippen molar-refractivity contribution in [1.29, 1.82) is 0 Å². The lowest BCUT2D eigenvalue weighted by Gasteiger charge is -2.24. The summed E-state index contributed by atoms with van der Waals surface area (Å²) in [6.07, 6.45) is 0. The Balaban J connectivity index is 1.66. The van der Waals surface area contributed by atoms with Gasteiger partial charge in [0, 0.05) is 66.0 Å². The predicted molar refractivity (Wildman–Crippen MR) is 152 cm³/mol. The molecule has 0 saturated carbocycles. The van der Waals surface area contributed by atoms with Crippen molar-refractivity contribution in [1.82, 2.24) is 40.0 Å². The lowest BCUT2D eigenvalue weighted by atomic mass is 10.1. The van der Waals surface area contributed by atoms with Crippen molar-refractivity contribution in [2.75, 3.05) is 79.3 Å². The molecule has 0 radical (unpaired) electrons. The minimum atomic E-state index is -0.776. The van der Waals surface area contributed by atoms with Crippen molar-refractivity contribution in [3.8, 4) is 11.5 Å². The highest BCUT2D eigenvalue weighted by Gasteiger charge is 2.24. The average Bonchev–Trinajstić information content (AvgIpc) is 2.92. The van der Waals surface area contributed by atoms with Crippen LogP contribution < -0.4 is 27.2 Å². The Morgan fingerprint density at radius 1 is 0.875 bits per heavy atom. The molecule has 40 heavy (non-hydrogen) atoms. The lowest BCUT2D eigenvalue weighted by molar-refractivity contribution is -0.131. The maximum Gasteiger partial charge on any atom is 0.353 e. The van der Waals surface area contributed by atoms with Crippen LogP contribution in [0.15, 0.2) is 21.7 Å². The molecule has 0 atom stereocenters. The first-order valence-corrected chi connectivity index (χ1v) is 13.8. The summed E-state index contributed by atoms with van der Waals surface area (Å²) in [5, 5.41) is 9.95. The number of carbonyl (C=O) groups excluding carboxylic acids is 1. The minimum Gasteiger partial charge on any atom is -0.382 e. The molecule has 1 fully saturated rings. The summed E-state index contributed by atoms with van der Waals surface area (Å²) in [6, 6.07) is 3.89. The molecule has 1 amide bonds. The number of rotatable bonds is 8. The van der Waals surface area contributed by atoms with Crippen molar-refractivity contribution in [2.45, 2.75) is 26.9 Å². The van der Waals surface area contributed by atoms with E-state index in [-0.39, 0.29) is 17.4 Å². The summed E-state index contributed by atoms with van der Waals surface area (Å²) in [4.78, 5) is 50.6. The van der Waals surface area contributed by atoms with Gasteiger partial charge in [0.15, 0.2) is 11.5 Å². The second-order valence-electron chi connectivity index (χ2n) is 9.88. The normalized spacial score (nSPS) is 15.7. The Morgan fingerprint density at radius 3 is 2.20 bits per heavy atom. The molecule has 1 aromatic rings. The molecular formula is C27H40N8O5. The number of fused-ring (bicyclic) bond motifs is 2. The highest BCUT2D eigenvalue weighted by Crippen LogP contribution is 2.23. The van der Waals surface area contributed by atoms with Crippen LogP contribution in [0, 0.1) is 13.8 Å². The Morgan fingerprint density at radius 2 is 1.52 bits per heavy atom. The SMILES string of the molecule is COCCOCCn1c2nc(=O)n(CC(=O)N3CCNCCNCCNCC3)c(=O)c-2nc2cc(C)c(C)cc21. The lowest BCUT2D eigenvalue weighted by Crippen LogP contribution is -2.48. The van der Waals surface area contributed by atoms with Crippen molar-refractivity contribution < 1.29 is 14.3 Å². The van der Waals surface area contributed by atoms with Gasteiger partial charge in [-0.25, -0.2) is 14.3 Å². The Kier molecular flexibility index (Phi) is 10.7. The summed E-state index contributed by atoms with van der Waals surface area (Å²) in [7, 11) is 1.60. The maximum atomic E-state index is 13.6. The fourth-order valence-electron chi connectivity index (χ4n) is 4.65. The summed E-state index contributed by atoms with van der Waals surface area (Å²) in [6.45, 7) is 10.6. The van der Waals surface area contributed by atoms with E-state index in [2.05, 4.69) is 25.9 Å². The minimum absolute atomic E-state index is 0.0459. The Hall–Kier alpha value is -3.23. The zero-order valence-electron chi connectivity index (χ0n) is 23.6. The number of carbonyl (C=O) groups is 1. The summed E-state index contributed by atoms with van der Waals surface area (Å²) < 4.78 is 13.4. The molecule has 3 N–H and O–H groups in total. The van der Waals surface area contributed by atoms with Gasteiger partial charge in [0.1, 0.15) is 6.54 Å². The van der Waals surface area contributed by atoms with Gasteiger partial charge in [-0.2, -0.15) is 4.98 Å². The molecule has 3 aliphatic heterocycles. The van der Waals surface area contributed by atoms with Crippen LogP contribution in [0.2, 0.25) is 0 Å². The molecule has 4 rings (SSSR count). The third kappa shape index (κ3) is 7.29. The van der Waals surface area contributed by atoms with Crippen LogP contribution in [0.4, 0.5) is 0 Å². The van der Waals surface area contributed by atoms with E-state index < -0.39 is 17.8 Å². The number of methoxy groups -OCH3 is 1. The molecule has 0 spiro atoms. The van der Waals surface area contributed by atoms with E-state index in [0.29, 0.717) is 58.1 Å². The molecule has 13 nitrogen and oxygen atoms in total. The first-order chi connectivity index (χ1) is 19.4. The first kappa shape index (κ1) is 29.7. The van der Waals surface area contributed by atoms with E-state index in [1.807, 2.05) is 26.0 Å². The van der Waals surface area contributed by atoms with Crippen LogP contribution in [0.25, 0.3) is 22.6 Å². The number of hydrogen-bond donors (Lipinski definition) is 3. The molecule has 0 aliphatic carbocycles. The van der Waals surface area contributed by atoms with Gasteiger partial charge in [-0.15, -0.1) is 0 Å². The van der Waals surface area contributed by atoms with Crippen molar-refractivity contribution in [2.24, 2.45) is 0 Å². The monoisotopic (exact) mass is 556 g/mol. The Labute approximate surface area is 233 Å². The molecule has 0 aromatic heterocycles. The highest BCUT2D eigenvalue weighted by molar-refractivity contribution is 5.81. The molecule has 1 saturated heterocycles. The summed E-state index contributed by atoms with van der Waals surface area (Å²) in [5.74, 6) is -0.135. The molecule has 0 unspecified atom stereocenters. The fraction of sp³-hybridized carbons (Fsp3) is 0.593. The Bertz CT molecular complexity index is 1380. The summed E-state index contributed by atoms with van der Waals surface area (Å²) >= 11 is 0. The van der Waals surface area contributed by atoms with Gasteiger partial charge in [0.25, 0.3) is 5.56 Å². The zero-order valence-corrected chi connectivity index (χ0v) is 23.6. The number of ether oxygens (including phenoxy) is 2. The molecule has 3 aliphatic rings. The average molecular weight is 557 g/mol. The third-order valence-electron chi connectivity index (χ3n) is 7.07. The third-order valence-corrected chi connectivity index (χ3v) is 7.07. The number of hydrogen-bond acceptors (Lipinski definition) is 10. The second kappa shape index (κ2) is 14.4. The van der Waals surface area contributed by atoms with Crippen LogP contribution in [0.1, 0.15) is 11.1 Å². The van der Waals surface area contributed by atoms with Gasteiger partial charge < -0.3 is 34.9 Å². The zero-order chi connectivity index (χ0) is 28.5. The number of aryl methyl sites for hydroxylation is 2. The molecular weight excluding hydrogens is 516 g/mol. The number of nitrogens with zero attached hydrogens (tertiary/aromatic N) is 5. The maximum absolute atomic E-state index is 13.6. The van der Waals surface area contributed by atoms with Gasteiger partial charge in [0.2, 0.25) is 5.91 Å². The number of aromatic nitrogens is 4. The van der Waals surface area contributed by atoms with Crippen LogP contribution in [-0.2, 0) is 27.4 Å². The van der Waals surface area contributed by atoms with E-state index in [4.69, 9.17) is 9.47 Å². The highest BCUT2D eigenvalue weighted by atomic mass is 16.5. The largest absolute Gasteiger partial charge is 0.382 e. The molecule has 218 valence electrons. The summed E-state index contributed by atoms with van der Waals surface area (Å²) in [5.41, 5.74) is 2.08. The van der Waals surface area contributed by atoms with Gasteiger partial charge in [-0.3, -0.25) is 9.59 Å². The second-order valence-corrected chi connectivity index (χ2v) is 9.88. The topological polar surface area (TPSA) is 145 Å². The molecule has 1 aromatic carbocycles. The van der Waals surface area contributed by atoms with Gasteiger partial charge >= 0.3 is 5.69 Å². The van der Waals surface area contributed by atoms with Gasteiger partial charge in [-0.1, -0.05) is 0 Å². The van der Waals surface area contributed by atoms with E-state index >= 15 is 0 Å². The van der Waals surface area contributed by atoms with E-state index in [1.165, 1.54) is 0 Å². The van der Waals surface area contributed by atoms with Gasteiger partial charge in [-0.05, 0) is 37.1 Å². The van der Waals surface area contributed by atoms with Crippen LogP contribution in [0.3, 0.4) is 0 Å². The van der Waals surface area contributed by atoms with Crippen molar-refractivity contribution in [3.05, 3.63) is 44.1 Å². The standard InChI is InChI=1S/C27H40N8O5/c1-19-16-21-22(17-20(19)2)34(12-13-40-15-14-39-3)25-24(31-21)26(37)35(27(38)32-25)18-23(36)33-10-8-29-6-4-28-5-7-30-9-11-33/h16-17,28-30H,4-15,18H2,1-3H3. The first-order valence-electron chi connectivity index (χ1n) is 13.8. The number of amides is 1. The van der Waals surface area contributed by atoms with Crippen LogP contribution >= 0.6 is 0 Å². The number of nitrogens with one attached hydrogen (secondary N) is 3. The number of benzene rings is 1. The fourth-order valence-corrected chi connectivity index (χ4v) is 4.65. The van der Waals surface area contributed by atoms with E-state index in [0.717, 1.165) is 47.4 Å². The van der Waals surface area contributed by atoms with Gasteiger partial charge in [0.05, 0.1) is 30.9 Å². The molecule has 0 bridgehead atoms. The van der Waals surface area contributed by atoms with Crippen LogP contribution in [-0.4, -0.2) is 109 Å². The smallest absolute Gasteiger partial charge is 0.353 e. The van der Waals surface area contributed by atoms with E-state index in [9.17, 15) is 14.4 Å². The quantitative estimate of drug-likeness (QED) is 0.232. The predicted octanol–water partition coefficient (Wildman–Crippen LogP) is -1.05. The van der Waals surface area contributed by atoms with Crippen molar-refractivity contribution >= 4 is 16.9 Å². The molecule has 13 heteroatoms.